The van der Waals surface area contributed by atoms with Crippen LogP contribution in [0.5, 0.6) is 51.7 Å². The van der Waals surface area contributed by atoms with E-state index in [0.29, 0.717) is 121 Å². The van der Waals surface area contributed by atoms with Crippen molar-refractivity contribution in [3.63, 3.8) is 0 Å². The molecule has 34 heteroatoms. The Balaban J connectivity index is 0.000000186. The first-order chi connectivity index (χ1) is 61.2. The number of carboxylic acids is 1. The lowest BCUT2D eigenvalue weighted by Crippen LogP contribution is -2.65. The molecule has 11 N–H and O–H groups in total. The fraction of sp³-hybridized carbons (Fsp3) is 0.427. The number of nitrogens with zero attached hydrogens (tertiary/aromatic N) is 3. The average molecular weight is 1810 g/mol. The number of benzene rings is 8. The second kappa shape index (κ2) is 41.2. The highest BCUT2D eigenvalue weighted by molar-refractivity contribution is 6.45. The number of aromatic hydroxyl groups is 2. The SMILES string of the molecule is Cc1cc(OCc2ccccc2)ccc1C(N)C(=O)N1CC(Oc2ccc3c(c2C(=O)O)OB(O)CC3)C1.Cc1cc(OCc2ccccc2)ccc1C(NC(=O)OC(C)(C)C)C(=O)N1CC(Oc2ccc(CCB3O[C@@H]4C[C@@H]5C[C@@H](C5(C)C)[C@]4(C)O3)c(C)c2C(=O)OC(C)(C)C)C1.Cl.NC(C(=O)N1CC(Oc2ccc3c(c2)OB(O)CC3)C1)c1ccc(O)cc1O.O=CO. The van der Waals surface area contributed by atoms with Gasteiger partial charge in [-0.3, -0.25) is 19.2 Å². The van der Waals surface area contributed by atoms with E-state index in [9.17, 15) is 54.1 Å². The molecule has 3 saturated carbocycles. The van der Waals surface area contributed by atoms with E-state index >= 15 is 0 Å². The predicted molar refractivity (Wildman–Crippen MR) is 488 cm³/mol. The van der Waals surface area contributed by atoms with Crippen molar-refractivity contribution in [1.29, 1.82) is 0 Å². The zero-order valence-corrected chi connectivity index (χ0v) is 76.1. The lowest BCUT2D eigenvalue weighted by Gasteiger charge is -2.64. The van der Waals surface area contributed by atoms with Gasteiger partial charge in [0.05, 0.1) is 51.0 Å². The average Bonchev–Trinajstić information content (AvgIpc) is 1.38. The number of ether oxygens (including phenoxy) is 7. The van der Waals surface area contributed by atoms with Gasteiger partial charge in [-0.05, 0) is 248 Å². The van der Waals surface area contributed by atoms with E-state index in [-0.39, 0.29) is 133 Å². The number of aryl methyl sites for hydroxylation is 5. The third-order valence-electron chi connectivity index (χ3n) is 24.9. The molecule has 4 amide bonds. The number of carboxylic acid groups (broad SMARTS) is 2. The molecule has 17 rings (SSSR count). The largest absolute Gasteiger partial charge is 0.536 e. The van der Waals surface area contributed by atoms with Gasteiger partial charge in [0.1, 0.15) is 124 Å². The maximum atomic E-state index is 14.2. The molecule has 2 bridgehead atoms. The number of amides is 4. The lowest BCUT2D eigenvalue weighted by atomic mass is 9.43. The number of alkyl carbamates (subject to hydrolysis) is 1. The minimum Gasteiger partial charge on any atom is -0.536 e. The lowest BCUT2D eigenvalue weighted by molar-refractivity contribution is -0.199. The first kappa shape index (κ1) is 97.4. The van der Waals surface area contributed by atoms with Gasteiger partial charge in [0.15, 0.2) is 0 Å². The van der Waals surface area contributed by atoms with Crippen molar-refractivity contribution in [1.82, 2.24) is 20.0 Å². The molecule has 130 heavy (non-hydrogen) atoms. The molecule has 30 nitrogen and oxygen atoms in total. The Kier molecular flexibility index (Phi) is 30.8. The number of esters is 1. The molecule has 7 atom stereocenters. The Morgan fingerprint density at radius 3 is 1.64 bits per heavy atom. The zero-order valence-electron chi connectivity index (χ0n) is 75.3. The molecule has 690 valence electrons. The van der Waals surface area contributed by atoms with Gasteiger partial charge in [-0.2, -0.15) is 0 Å². The van der Waals surface area contributed by atoms with Crippen LogP contribution >= 0.6 is 12.4 Å². The summed E-state index contributed by atoms with van der Waals surface area (Å²) < 4.78 is 65.7. The summed E-state index contributed by atoms with van der Waals surface area (Å²) >= 11 is 0. The Bertz CT molecular complexity index is 5400. The number of nitrogens with two attached hydrogens (primary N) is 2. The van der Waals surface area contributed by atoms with Crippen molar-refractivity contribution < 1.29 is 116 Å². The summed E-state index contributed by atoms with van der Waals surface area (Å²) in [5, 5.41) is 58.1. The molecular weight excluding hydrogens is 1690 g/mol. The third-order valence-corrected chi connectivity index (χ3v) is 24.9. The second-order valence-corrected chi connectivity index (χ2v) is 36.8. The van der Waals surface area contributed by atoms with Gasteiger partial charge in [-0.15, -0.1) is 12.4 Å². The highest BCUT2D eigenvalue weighted by Gasteiger charge is 2.68. The number of carbonyl (C=O) groups is 7. The smallest absolute Gasteiger partial charge is 0.522 e. The molecule has 3 unspecified atom stereocenters. The fourth-order valence-corrected chi connectivity index (χ4v) is 17.7. The molecule has 8 aromatic carbocycles. The molecule has 6 aliphatic heterocycles. The van der Waals surface area contributed by atoms with Gasteiger partial charge in [0.2, 0.25) is 17.7 Å². The Labute approximate surface area is 764 Å². The predicted octanol–water partition coefficient (Wildman–Crippen LogP) is 12.9. The van der Waals surface area contributed by atoms with Crippen molar-refractivity contribution in [2.24, 2.45) is 28.7 Å². The van der Waals surface area contributed by atoms with Crippen LogP contribution < -0.4 is 49.8 Å². The molecular formula is C96H116B3ClN6O24. The third kappa shape index (κ3) is 23.2. The summed E-state index contributed by atoms with van der Waals surface area (Å²) in [5.74, 6) is 1.59. The highest BCUT2D eigenvalue weighted by Crippen LogP contribution is 2.66. The summed E-state index contributed by atoms with van der Waals surface area (Å²) in [4.78, 5) is 91.8. The quantitative estimate of drug-likeness (QED) is 0.0154. The van der Waals surface area contributed by atoms with Crippen LogP contribution in [0.1, 0.15) is 175 Å². The van der Waals surface area contributed by atoms with Crippen LogP contribution in [0.2, 0.25) is 19.0 Å². The Hall–Kier alpha value is -11.7. The Morgan fingerprint density at radius 1 is 0.592 bits per heavy atom. The molecule has 0 spiro atoms. The molecule has 9 aliphatic rings. The molecule has 7 fully saturated rings. The van der Waals surface area contributed by atoms with Crippen LogP contribution in [0.25, 0.3) is 0 Å². The number of carbonyl (C=O) groups excluding carboxylic acids is 5. The molecule has 0 radical (unpaired) electrons. The molecule has 4 saturated heterocycles. The van der Waals surface area contributed by atoms with Crippen molar-refractivity contribution in [2.45, 2.75) is 207 Å². The minimum absolute atomic E-state index is 0. The Morgan fingerprint density at radius 2 is 1.09 bits per heavy atom. The number of hydrogen-bond acceptors (Lipinski definition) is 24. The van der Waals surface area contributed by atoms with Crippen molar-refractivity contribution in [3.8, 4) is 51.7 Å². The molecule has 6 heterocycles. The number of nitrogens with one attached hydrogen (secondary N) is 1. The van der Waals surface area contributed by atoms with E-state index in [1.165, 1.54) is 18.6 Å². The minimum atomic E-state index is -1.20. The van der Waals surface area contributed by atoms with Crippen LogP contribution in [0.3, 0.4) is 0 Å². The standard InChI is InChI=1S/C48H63BN2O9.C28H29BN2O7.C19H21BN2O6.CH2O2.ClH/c1-29-23-34(55-28-31-15-13-12-14-16-31)18-19-36(29)41(50-44(54)58-46(6,7)8)42(52)51-26-35(27-51)56-37-20-17-32(30(2)40(37)43(53)57-45(3,4)5)21-22-49-59-39-25-33-24-38(47(33,9)10)48(39,11)60-49;1-17-13-20(36-16-18-5-3-2-4-6-18)8-9-22(17)25(30)27(32)31-14-21(15-31)37-23-10-7-19-11-12-29(35)38-26(19)24(23)28(33)34;21-18(15-4-2-12(23)7-16(15)24)19(25)22-9-14(10-22)27-13-3-1-11-5-6-20(26)28-17(11)8-13;2-1-3;/h12-20,23,33,35,38-39,41H,21-22,24-28H2,1-11H3,(H,50,54);2-10,13,21,25,35H,11-12,14-16,30H2,1H3,(H,33,34);1-4,7-8,14,18,23-24,26H,5-6,9-10,21H2;1H,(H,2,3);1H/t33-,38-,39+,41?,48-;;;;/m0..../s1. The van der Waals surface area contributed by atoms with Crippen LogP contribution in [-0.4, -0.2) is 189 Å². The van der Waals surface area contributed by atoms with E-state index in [0.717, 1.165) is 57.9 Å². The molecule has 8 aromatic rings. The number of rotatable bonds is 24. The van der Waals surface area contributed by atoms with E-state index < -0.39 is 67.7 Å². The number of aromatic carboxylic acids is 1. The van der Waals surface area contributed by atoms with Crippen LogP contribution in [-0.2, 0) is 70.4 Å². The maximum Gasteiger partial charge on any atom is 0.522 e. The van der Waals surface area contributed by atoms with E-state index in [2.05, 4.69) is 26.1 Å². The summed E-state index contributed by atoms with van der Waals surface area (Å²) in [5.41, 5.74) is 19.9. The fourth-order valence-electron chi connectivity index (χ4n) is 17.7. The number of phenols is 2. The van der Waals surface area contributed by atoms with E-state index in [1.807, 2.05) is 157 Å². The second-order valence-electron chi connectivity index (χ2n) is 36.8. The van der Waals surface area contributed by atoms with Gasteiger partial charge in [-0.25, -0.2) is 14.4 Å². The van der Waals surface area contributed by atoms with Crippen LogP contribution in [0.15, 0.2) is 158 Å². The van der Waals surface area contributed by atoms with Gasteiger partial charge >= 0.3 is 39.4 Å². The monoisotopic (exact) mass is 1800 g/mol. The number of likely N-dealkylation sites (tertiary alicyclic amines) is 3. The zero-order chi connectivity index (χ0) is 92.7. The highest BCUT2D eigenvalue weighted by atomic mass is 35.5. The number of fused-ring (bicyclic) bond motifs is 2. The number of hydrogen-bond donors (Lipinski definition) is 9. The van der Waals surface area contributed by atoms with Crippen molar-refractivity contribution in [3.05, 3.63) is 230 Å². The summed E-state index contributed by atoms with van der Waals surface area (Å²) in [7, 11) is -2.16. The van der Waals surface area contributed by atoms with Crippen LogP contribution in [0.4, 0.5) is 4.79 Å². The topological polar surface area (TPSA) is 416 Å². The van der Waals surface area contributed by atoms with Crippen molar-refractivity contribution in [2.75, 3.05) is 39.3 Å². The summed E-state index contributed by atoms with van der Waals surface area (Å²) in [6, 6.07) is 44.5. The number of phenolic OH excluding ortho intramolecular Hbond substituents is 2. The van der Waals surface area contributed by atoms with Crippen LogP contribution in [0, 0.1) is 38.0 Å². The first-order valence-corrected chi connectivity index (χ1v) is 43.6. The first-order valence-electron chi connectivity index (χ1n) is 43.6. The van der Waals surface area contributed by atoms with Gasteiger partial charge < -0.3 is 114 Å². The van der Waals surface area contributed by atoms with E-state index in [4.69, 9.17) is 73.1 Å². The van der Waals surface area contributed by atoms with Gasteiger partial charge in [-0.1, -0.05) is 105 Å². The summed E-state index contributed by atoms with van der Waals surface area (Å²) in [6.45, 7) is 25.9. The maximum absolute atomic E-state index is 14.2. The number of halogens is 1. The van der Waals surface area contributed by atoms with Gasteiger partial charge in [0.25, 0.3) is 6.47 Å². The van der Waals surface area contributed by atoms with Gasteiger partial charge in [0, 0.05) is 17.7 Å². The van der Waals surface area contributed by atoms with E-state index in [1.54, 1.807) is 59.7 Å². The van der Waals surface area contributed by atoms with Crippen molar-refractivity contribution >= 4 is 76.0 Å². The normalized spacial score (nSPS) is 19.4. The summed E-state index contributed by atoms with van der Waals surface area (Å²) in [6.07, 6.45) is 4.26. The molecule has 3 aliphatic carbocycles. The molecule has 0 aromatic heterocycles.